The van der Waals surface area contributed by atoms with Crippen LogP contribution < -0.4 is 4.90 Å². The molecule has 1 fully saturated rings. The molecule has 0 spiro atoms. The smallest absolute Gasteiger partial charge is 0.333 e. The van der Waals surface area contributed by atoms with Gasteiger partial charge in [0, 0.05) is 66.7 Å². The third kappa shape index (κ3) is 7.19. The first-order valence-corrected chi connectivity index (χ1v) is 18.2. The van der Waals surface area contributed by atoms with Crippen molar-refractivity contribution in [2.45, 2.75) is 95.8 Å². The number of fused-ring (bicyclic) bond motifs is 2. The molecule has 2 aromatic rings. The van der Waals surface area contributed by atoms with Crippen molar-refractivity contribution in [1.82, 2.24) is 5.06 Å². The number of unbranched alkanes of at least 4 members (excludes halogenated alkanes) is 2. The molecule has 0 aliphatic carbocycles. The lowest BCUT2D eigenvalue weighted by Crippen LogP contribution is -2.31. The van der Waals surface area contributed by atoms with Gasteiger partial charge in [-0.15, -0.1) is 5.06 Å². The summed E-state index contributed by atoms with van der Waals surface area (Å²) in [5.41, 5.74) is 6.74. The van der Waals surface area contributed by atoms with E-state index in [9.17, 15) is 27.4 Å². The third-order valence-corrected chi connectivity index (χ3v) is 10.5. The Morgan fingerprint density at radius 3 is 2.33 bits per heavy atom. The van der Waals surface area contributed by atoms with Crippen LogP contribution in [0.25, 0.3) is 0 Å². The van der Waals surface area contributed by atoms with Crippen LogP contribution in [0.1, 0.15) is 89.8 Å². The van der Waals surface area contributed by atoms with Gasteiger partial charge in [0.25, 0.3) is 11.8 Å². The predicted molar refractivity (Wildman–Crippen MR) is 186 cm³/mol. The highest BCUT2D eigenvalue weighted by Gasteiger charge is 2.44. The average molecular weight is 688 g/mol. The standard InChI is InChI=1S/C38H45N3O7S/c1-7-39-30-20-18-27(49(45,46)47)25-29(30)38(5,6)32(39)14-10-8-11-15-33-37(3,4)28-24-26(2)17-19-31(28)40(33)23-13-9-12-16-36(44)48-41-34(42)21-22-35(41)43/h8,10-11,14-15,17-20,24-25H,7,9,12-13,16,21-23H2,1-6H3. The number of rotatable bonds is 12. The van der Waals surface area contributed by atoms with Gasteiger partial charge in [-0.05, 0) is 76.4 Å². The van der Waals surface area contributed by atoms with Gasteiger partial charge in [0.1, 0.15) is 16.7 Å². The number of carbonyl (C=O) groups excluding carboxylic acids is 3. The minimum atomic E-state index is -4.56. The molecule has 0 unspecified atom stereocenters. The first-order valence-electron chi connectivity index (χ1n) is 16.8. The number of hydrogen-bond acceptors (Lipinski definition) is 8. The van der Waals surface area contributed by atoms with Crippen molar-refractivity contribution in [3.05, 3.63) is 89.2 Å². The zero-order valence-corrected chi connectivity index (χ0v) is 29.9. The fraction of sp³-hybridized carbons (Fsp3) is 0.421. The Balaban J connectivity index is 1.30. The molecular formula is C38H45N3O7S. The van der Waals surface area contributed by atoms with Gasteiger partial charge in [-0.3, -0.25) is 9.59 Å². The number of benzene rings is 2. The van der Waals surface area contributed by atoms with E-state index in [1.165, 1.54) is 23.3 Å². The van der Waals surface area contributed by atoms with E-state index in [1.807, 2.05) is 45.1 Å². The molecule has 11 heteroatoms. The van der Waals surface area contributed by atoms with Crippen molar-refractivity contribution in [3.8, 4) is 0 Å². The molecule has 49 heavy (non-hydrogen) atoms. The van der Waals surface area contributed by atoms with Crippen LogP contribution in [-0.4, -0.2) is 59.2 Å². The number of hydrogen-bond donors (Lipinski definition) is 0. The van der Waals surface area contributed by atoms with Gasteiger partial charge in [0.2, 0.25) is 5.69 Å². The maximum atomic E-state index is 12.2. The van der Waals surface area contributed by atoms with Crippen molar-refractivity contribution in [2.24, 2.45) is 0 Å². The molecule has 1 saturated heterocycles. The lowest BCUT2D eigenvalue weighted by molar-refractivity contribution is -0.438. The number of amides is 2. The zero-order valence-electron chi connectivity index (χ0n) is 29.1. The fourth-order valence-corrected chi connectivity index (χ4v) is 7.56. The van der Waals surface area contributed by atoms with Gasteiger partial charge in [-0.25, -0.2) is 13.2 Å². The number of nitrogens with zero attached hydrogens (tertiary/aromatic N) is 3. The second-order valence-corrected chi connectivity index (χ2v) is 15.2. The quantitative estimate of drug-likeness (QED) is 0.0842. The summed E-state index contributed by atoms with van der Waals surface area (Å²) in [4.78, 5) is 42.6. The molecule has 3 aliphatic rings. The third-order valence-electron chi connectivity index (χ3n) is 9.71. The zero-order chi connectivity index (χ0) is 35.7. The van der Waals surface area contributed by atoms with Crippen LogP contribution in [0.5, 0.6) is 0 Å². The van der Waals surface area contributed by atoms with Crippen LogP contribution in [0.2, 0.25) is 0 Å². The van der Waals surface area contributed by atoms with E-state index in [4.69, 9.17) is 4.84 Å². The number of anilines is 1. The second kappa shape index (κ2) is 13.9. The van der Waals surface area contributed by atoms with Crippen molar-refractivity contribution >= 4 is 45.0 Å². The molecular weight excluding hydrogens is 642 g/mol. The SMILES string of the molecule is CCN1/C(=C/C=C/C=C/C2=[N+](CCCCCC(=O)ON3C(=O)CCC3=O)c3ccc(C)cc3C2(C)C)C(C)(C)c2cc(S(=O)(=O)[O-])ccc21. The van der Waals surface area contributed by atoms with Crippen LogP contribution in [0, 0.1) is 6.92 Å². The molecule has 0 radical (unpaired) electrons. The largest absolute Gasteiger partial charge is 0.744 e. The van der Waals surface area contributed by atoms with E-state index in [0.29, 0.717) is 18.0 Å². The lowest BCUT2D eigenvalue weighted by Gasteiger charge is -2.25. The van der Waals surface area contributed by atoms with Gasteiger partial charge < -0.3 is 14.3 Å². The van der Waals surface area contributed by atoms with E-state index >= 15 is 0 Å². The van der Waals surface area contributed by atoms with Crippen LogP contribution in [0.3, 0.4) is 0 Å². The van der Waals surface area contributed by atoms with E-state index in [1.54, 1.807) is 6.07 Å². The first-order chi connectivity index (χ1) is 23.1. The monoisotopic (exact) mass is 687 g/mol. The number of aryl methyl sites for hydroxylation is 1. The van der Waals surface area contributed by atoms with Crippen molar-refractivity contribution in [3.63, 3.8) is 0 Å². The van der Waals surface area contributed by atoms with E-state index in [0.717, 1.165) is 47.7 Å². The van der Waals surface area contributed by atoms with Crippen molar-refractivity contribution < 1.29 is 36.8 Å². The molecule has 3 heterocycles. The number of likely N-dealkylation sites (N-methyl/N-ethyl adjacent to an activating group) is 1. The normalized spacial score (nSPS) is 19.2. The summed E-state index contributed by atoms with van der Waals surface area (Å²) in [6.45, 7) is 14.1. The molecule has 0 atom stereocenters. The Kier molecular flexibility index (Phi) is 10.2. The predicted octanol–water partition coefficient (Wildman–Crippen LogP) is 6.26. The summed E-state index contributed by atoms with van der Waals surface area (Å²) in [5.74, 6) is -1.52. The fourth-order valence-electron chi connectivity index (χ4n) is 7.06. The molecule has 0 aromatic heterocycles. The summed E-state index contributed by atoms with van der Waals surface area (Å²) in [6, 6.07) is 11.1. The molecule has 0 saturated carbocycles. The van der Waals surface area contributed by atoms with Gasteiger partial charge in [0.15, 0.2) is 5.71 Å². The summed E-state index contributed by atoms with van der Waals surface area (Å²) in [7, 11) is -4.56. The van der Waals surface area contributed by atoms with Crippen LogP contribution in [0.15, 0.2) is 77.4 Å². The number of imide groups is 1. The maximum absolute atomic E-state index is 12.2. The summed E-state index contributed by atoms with van der Waals surface area (Å²) in [5, 5.41) is 0.597. The number of hydroxylamine groups is 2. The van der Waals surface area contributed by atoms with E-state index < -0.39 is 33.3 Å². The van der Waals surface area contributed by atoms with Gasteiger partial charge >= 0.3 is 5.97 Å². The van der Waals surface area contributed by atoms with Gasteiger partial charge in [-0.2, -0.15) is 4.58 Å². The highest BCUT2D eigenvalue weighted by Crippen LogP contribution is 2.48. The number of carbonyl (C=O) groups is 3. The molecule has 3 aliphatic heterocycles. The van der Waals surface area contributed by atoms with Gasteiger partial charge in [0.05, 0.1) is 10.3 Å². The Hall–Kier alpha value is -4.35. The Morgan fingerprint density at radius 2 is 1.65 bits per heavy atom. The van der Waals surface area contributed by atoms with E-state index in [2.05, 4.69) is 54.5 Å². The van der Waals surface area contributed by atoms with Crippen molar-refractivity contribution in [2.75, 3.05) is 18.0 Å². The average Bonchev–Trinajstić information content (AvgIpc) is 3.54. The molecule has 0 N–H and O–H groups in total. The lowest BCUT2D eigenvalue weighted by atomic mass is 9.81. The van der Waals surface area contributed by atoms with Gasteiger partial charge in [-0.1, -0.05) is 43.7 Å². The number of allylic oxidation sites excluding steroid dienone is 6. The minimum absolute atomic E-state index is 0.0749. The maximum Gasteiger partial charge on any atom is 0.333 e. The minimum Gasteiger partial charge on any atom is -0.744 e. The molecule has 5 rings (SSSR count). The first kappa shape index (κ1) is 35.9. The van der Waals surface area contributed by atoms with E-state index in [-0.39, 0.29) is 29.6 Å². The topological polar surface area (TPSA) is 127 Å². The van der Waals surface area contributed by atoms with Crippen molar-refractivity contribution in [1.29, 1.82) is 0 Å². The summed E-state index contributed by atoms with van der Waals surface area (Å²) >= 11 is 0. The Labute approximate surface area is 289 Å². The van der Waals surface area contributed by atoms with Crippen LogP contribution in [-0.2, 0) is 40.2 Å². The molecule has 10 nitrogen and oxygen atoms in total. The highest BCUT2D eigenvalue weighted by atomic mass is 32.2. The molecule has 0 bridgehead atoms. The Morgan fingerprint density at radius 1 is 0.939 bits per heavy atom. The highest BCUT2D eigenvalue weighted by molar-refractivity contribution is 7.85. The molecule has 2 aromatic carbocycles. The van der Waals surface area contributed by atoms with Crippen LogP contribution in [0.4, 0.5) is 11.4 Å². The molecule has 260 valence electrons. The summed E-state index contributed by atoms with van der Waals surface area (Å²) in [6.07, 6.45) is 12.7. The second-order valence-electron chi connectivity index (χ2n) is 13.8. The summed E-state index contributed by atoms with van der Waals surface area (Å²) < 4.78 is 37.5. The Bertz CT molecular complexity index is 1900. The van der Waals surface area contributed by atoms with Crippen LogP contribution >= 0.6 is 0 Å². The molecule has 2 amide bonds.